The van der Waals surface area contributed by atoms with Crippen LogP contribution in [0.3, 0.4) is 0 Å². The highest BCUT2D eigenvalue weighted by Gasteiger charge is 2.36. The predicted octanol–water partition coefficient (Wildman–Crippen LogP) is 4.02. The molecule has 0 bridgehead atoms. The number of halogens is 3. The van der Waals surface area contributed by atoms with Gasteiger partial charge in [-0.15, -0.1) is 0 Å². The van der Waals surface area contributed by atoms with Gasteiger partial charge in [0.25, 0.3) is 0 Å². The number of ether oxygens (including phenoxy) is 1. The molecule has 2 unspecified atom stereocenters. The number of benzene rings is 1. The maximum Gasteiger partial charge on any atom is 0.416 e. The fraction of sp³-hybridized carbons (Fsp3) is 0.545. The molecule has 4 rings (SSSR count). The van der Waals surface area contributed by atoms with Crippen LogP contribution in [0.1, 0.15) is 47.7 Å². The Hall–Kier alpha value is -2.55. The summed E-state index contributed by atoms with van der Waals surface area (Å²) in [6.45, 7) is 5.19. The van der Waals surface area contributed by atoms with Gasteiger partial charge in [-0.3, -0.25) is 5.10 Å². The quantitative estimate of drug-likeness (QED) is 0.791. The van der Waals surface area contributed by atoms with Crippen LogP contribution in [-0.2, 0) is 17.3 Å². The van der Waals surface area contributed by atoms with Crippen LogP contribution in [0.4, 0.5) is 18.0 Å². The van der Waals surface area contributed by atoms with E-state index >= 15 is 0 Å². The van der Waals surface area contributed by atoms with Crippen molar-refractivity contribution >= 4 is 6.03 Å². The number of H-pyrrole nitrogens is 1. The zero-order valence-electron chi connectivity index (χ0n) is 17.5. The van der Waals surface area contributed by atoms with E-state index in [1.807, 2.05) is 17.9 Å². The number of aryl methyl sites for hydroxylation is 1. The number of carbonyl (C=O) groups is 1. The van der Waals surface area contributed by atoms with Crippen LogP contribution < -0.4 is 0 Å². The zero-order chi connectivity index (χ0) is 22.0. The lowest BCUT2D eigenvalue weighted by molar-refractivity contribution is -0.137. The number of nitrogens with zero attached hydrogens (tertiary/aromatic N) is 3. The number of aromatic nitrogens is 2. The Kier molecular flexibility index (Phi) is 6.22. The first-order chi connectivity index (χ1) is 14.8. The van der Waals surface area contributed by atoms with E-state index < -0.39 is 11.7 Å². The molecular formula is C22H27F3N4O2. The summed E-state index contributed by atoms with van der Waals surface area (Å²) in [4.78, 5) is 16.8. The summed E-state index contributed by atoms with van der Waals surface area (Å²) in [7, 11) is 0. The maximum atomic E-state index is 13.2. The average molecular weight is 436 g/mol. The van der Waals surface area contributed by atoms with Gasteiger partial charge in [0.1, 0.15) is 0 Å². The first kappa shape index (κ1) is 21.7. The van der Waals surface area contributed by atoms with Crippen molar-refractivity contribution in [1.82, 2.24) is 20.0 Å². The number of piperidine rings is 1. The number of aromatic amines is 1. The van der Waals surface area contributed by atoms with Gasteiger partial charge in [0, 0.05) is 43.7 Å². The number of likely N-dealkylation sites (tertiary alicyclic amines) is 1. The van der Waals surface area contributed by atoms with Gasteiger partial charge in [-0.05, 0) is 36.6 Å². The van der Waals surface area contributed by atoms with Gasteiger partial charge in [0.05, 0.1) is 24.5 Å². The Balaban J connectivity index is 1.58. The normalized spacial score (nSPS) is 22.6. The topological polar surface area (TPSA) is 61.5 Å². The lowest BCUT2D eigenvalue weighted by atomic mass is 9.83. The number of amides is 2. The molecule has 0 aliphatic carbocycles. The minimum Gasteiger partial charge on any atom is -0.378 e. The van der Waals surface area contributed by atoms with E-state index in [1.54, 1.807) is 4.90 Å². The van der Waals surface area contributed by atoms with Crippen molar-refractivity contribution in [2.75, 3.05) is 39.4 Å². The molecule has 2 saturated heterocycles. The molecule has 2 atom stereocenters. The van der Waals surface area contributed by atoms with Crippen LogP contribution in [0, 0.1) is 0 Å². The molecule has 2 amide bonds. The van der Waals surface area contributed by atoms with Gasteiger partial charge in [-0.2, -0.15) is 18.3 Å². The molecule has 31 heavy (non-hydrogen) atoms. The van der Waals surface area contributed by atoms with E-state index in [-0.39, 0.29) is 17.9 Å². The van der Waals surface area contributed by atoms with Crippen molar-refractivity contribution in [1.29, 1.82) is 0 Å². The Bertz CT molecular complexity index is 891. The summed E-state index contributed by atoms with van der Waals surface area (Å²) in [6.07, 6.45) is -2.80. The number of morpholine rings is 1. The standard InChI is InChI=1S/C22H27F3N4O2/c1-2-19-12-20(27-26-19)17-11-16(15-3-5-18(6-4-15)22(23,24)25)13-29(14-17)21(30)28-7-9-31-10-8-28/h3-6,12,16-17H,2,7-11,13-14H2,1H3,(H,26,27). The van der Waals surface area contributed by atoms with Crippen molar-refractivity contribution in [2.45, 2.75) is 37.8 Å². The molecule has 6 nitrogen and oxygen atoms in total. The number of hydrogen-bond donors (Lipinski definition) is 1. The van der Waals surface area contributed by atoms with E-state index in [0.29, 0.717) is 39.4 Å². The second-order valence-electron chi connectivity index (χ2n) is 8.21. The number of rotatable bonds is 3. The van der Waals surface area contributed by atoms with E-state index in [2.05, 4.69) is 10.2 Å². The Morgan fingerprint density at radius 2 is 1.81 bits per heavy atom. The number of urea groups is 1. The van der Waals surface area contributed by atoms with Crippen LogP contribution in [0.5, 0.6) is 0 Å². The zero-order valence-corrected chi connectivity index (χ0v) is 17.5. The van der Waals surface area contributed by atoms with Gasteiger partial charge in [0.15, 0.2) is 0 Å². The Morgan fingerprint density at radius 1 is 1.13 bits per heavy atom. The minimum absolute atomic E-state index is 0.0163. The molecule has 0 spiro atoms. The number of alkyl halides is 3. The number of carbonyl (C=O) groups excluding carboxylic acids is 1. The van der Waals surface area contributed by atoms with Gasteiger partial charge in [0.2, 0.25) is 0 Å². The van der Waals surface area contributed by atoms with Crippen molar-refractivity contribution in [2.24, 2.45) is 0 Å². The third kappa shape index (κ3) is 4.87. The van der Waals surface area contributed by atoms with Crippen LogP contribution in [0.2, 0.25) is 0 Å². The maximum absolute atomic E-state index is 13.2. The lowest BCUT2D eigenvalue weighted by Gasteiger charge is -2.40. The van der Waals surface area contributed by atoms with Crippen molar-refractivity contribution in [3.05, 3.63) is 52.8 Å². The van der Waals surface area contributed by atoms with Gasteiger partial charge < -0.3 is 14.5 Å². The molecule has 2 aromatic rings. The number of nitrogens with one attached hydrogen (secondary N) is 1. The fourth-order valence-electron chi connectivity index (χ4n) is 4.38. The van der Waals surface area contributed by atoms with Crippen molar-refractivity contribution in [3.8, 4) is 0 Å². The molecule has 0 saturated carbocycles. The van der Waals surface area contributed by atoms with Crippen LogP contribution in [-0.4, -0.2) is 65.4 Å². The Labute approximate surface area is 179 Å². The summed E-state index contributed by atoms with van der Waals surface area (Å²) in [5.74, 6) is -0.0459. The summed E-state index contributed by atoms with van der Waals surface area (Å²) < 4.78 is 44.3. The molecule has 168 valence electrons. The first-order valence-corrected chi connectivity index (χ1v) is 10.7. The highest BCUT2D eigenvalue weighted by atomic mass is 19.4. The van der Waals surface area contributed by atoms with E-state index in [0.717, 1.165) is 41.9 Å². The molecule has 0 radical (unpaired) electrons. The minimum atomic E-state index is -4.36. The van der Waals surface area contributed by atoms with E-state index in [4.69, 9.17) is 4.74 Å². The summed E-state index contributed by atoms with van der Waals surface area (Å²) >= 11 is 0. The molecular weight excluding hydrogens is 409 g/mol. The molecule has 1 aromatic heterocycles. The second kappa shape index (κ2) is 8.90. The fourth-order valence-corrected chi connectivity index (χ4v) is 4.38. The van der Waals surface area contributed by atoms with Crippen LogP contribution in [0.15, 0.2) is 30.3 Å². The SMILES string of the molecule is CCc1cc(C2CC(c3ccc(C(F)(F)F)cc3)CN(C(=O)N3CCOCC3)C2)n[nH]1. The molecule has 1 N–H and O–H groups in total. The summed E-state index contributed by atoms with van der Waals surface area (Å²) in [5.41, 5.74) is 2.07. The lowest BCUT2D eigenvalue weighted by Crippen LogP contribution is -2.52. The highest BCUT2D eigenvalue weighted by molar-refractivity contribution is 5.75. The molecule has 2 aliphatic heterocycles. The predicted molar refractivity (Wildman–Crippen MR) is 109 cm³/mol. The monoisotopic (exact) mass is 436 g/mol. The largest absolute Gasteiger partial charge is 0.416 e. The highest BCUT2D eigenvalue weighted by Crippen LogP contribution is 2.37. The van der Waals surface area contributed by atoms with Gasteiger partial charge >= 0.3 is 12.2 Å². The average Bonchev–Trinajstić information content (AvgIpc) is 3.28. The molecule has 2 aliphatic rings. The molecule has 9 heteroatoms. The van der Waals surface area contributed by atoms with Crippen LogP contribution >= 0.6 is 0 Å². The summed E-state index contributed by atoms with van der Waals surface area (Å²) in [5, 5.41) is 7.48. The molecule has 1 aromatic carbocycles. The molecule has 3 heterocycles. The summed E-state index contributed by atoms with van der Waals surface area (Å²) in [6, 6.07) is 7.30. The third-order valence-electron chi connectivity index (χ3n) is 6.16. The number of hydrogen-bond acceptors (Lipinski definition) is 3. The second-order valence-corrected chi connectivity index (χ2v) is 8.21. The smallest absolute Gasteiger partial charge is 0.378 e. The third-order valence-corrected chi connectivity index (χ3v) is 6.16. The van der Waals surface area contributed by atoms with Crippen molar-refractivity contribution < 1.29 is 22.7 Å². The Morgan fingerprint density at radius 3 is 2.42 bits per heavy atom. The van der Waals surface area contributed by atoms with E-state index in [1.165, 1.54) is 12.1 Å². The van der Waals surface area contributed by atoms with E-state index in [9.17, 15) is 18.0 Å². The van der Waals surface area contributed by atoms with Crippen molar-refractivity contribution in [3.63, 3.8) is 0 Å². The molecule has 2 fully saturated rings. The van der Waals surface area contributed by atoms with Crippen LogP contribution in [0.25, 0.3) is 0 Å². The van der Waals surface area contributed by atoms with Gasteiger partial charge in [-0.1, -0.05) is 19.1 Å². The van der Waals surface area contributed by atoms with Gasteiger partial charge in [-0.25, -0.2) is 4.79 Å². The first-order valence-electron chi connectivity index (χ1n) is 10.7.